The van der Waals surface area contributed by atoms with E-state index in [1.165, 1.54) is 0 Å². The van der Waals surface area contributed by atoms with Gasteiger partial charge in [-0.15, -0.1) is 0 Å². The van der Waals surface area contributed by atoms with E-state index in [9.17, 15) is 9.90 Å². The van der Waals surface area contributed by atoms with Crippen LogP contribution in [-0.2, 0) is 4.79 Å². The van der Waals surface area contributed by atoms with Crippen molar-refractivity contribution < 1.29 is 9.90 Å². The first kappa shape index (κ1) is 10.5. The minimum absolute atomic E-state index is 0.111. The van der Waals surface area contributed by atoms with E-state index in [2.05, 4.69) is 17.1 Å². The highest BCUT2D eigenvalue weighted by atomic mass is 16.3. The molecule has 1 rings (SSSR count). The Morgan fingerprint density at radius 3 is 3.08 bits per heavy atom. The normalized spacial score (nSPS) is 27.9. The number of rotatable bonds is 2. The Bertz CT molecular complexity index is 182. The summed E-state index contributed by atoms with van der Waals surface area (Å²) in [5, 5.41) is 12.1. The third-order valence-electron chi connectivity index (χ3n) is 2.34. The van der Waals surface area contributed by atoms with Crippen LogP contribution < -0.4 is 5.32 Å². The summed E-state index contributed by atoms with van der Waals surface area (Å²) in [6.45, 7) is 5.92. The molecule has 0 spiro atoms. The summed E-state index contributed by atoms with van der Waals surface area (Å²) in [6, 6.07) is 0.320. The number of nitrogens with zero attached hydrogens (tertiary/aromatic N) is 1. The first-order chi connectivity index (χ1) is 6.09. The Kier molecular flexibility index (Phi) is 3.69. The Labute approximate surface area is 78.9 Å². The smallest absolute Gasteiger partial charge is 0.221 e. The van der Waals surface area contributed by atoms with E-state index in [0.29, 0.717) is 25.6 Å². The minimum atomic E-state index is -0.323. The maximum absolute atomic E-state index is 11.1. The van der Waals surface area contributed by atoms with E-state index < -0.39 is 0 Å². The summed E-state index contributed by atoms with van der Waals surface area (Å²) in [5.74, 6) is 0.111. The molecule has 4 nitrogen and oxygen atoms in total. The molecule has 1 aliphatic rings. The van der Waals surface area contributed by atoms with Gasteiger partial charge in [0.2, 0.25) is 5.91 Å². The third kappa shape index (κ3) is 3.32. The van der Waals surface area contributed by atoms with Gasteiger partial charge in [0.05, 0.1) is 6.10 Å². The molecule has 0 aromatic carbocycles. The van der Waals surface area contributed by atoms with Crippen LogP contribution in [0.1, 0.15) is 20.3 Å². The predicted molar refractivity (Wildman–Crippen MR) is 50.3 cm³/mol. The van der Waals surface area contributed by atoms with Gasteiger partial charge in [-0.1, -0.05) is 0 Å². The highest BCUT2D eigenvalue weighted by molar-refractivity contribution is 5.76. The van der Waals surface area contributed by atoms with E-state index in [1.807, 2.05) is 0 Å². The number of aliphatic hydroxyl groups is 1. The number of aliphatic hydroxyl groups excluding tert-OH is 1. The van der Waals surface area contributed by atoms with Crippen LogP contribution in [0.2, 0.25) is 0 Å². The van der Waals surface area contributed by atoms with E-state index in [1.54, 1.807) is 6.92 Å². The van der Waals surface area contributed by atoms with Gasteiger partial charge < -0.3 is 10.4 Å². The molecular weight excluding hydrogens is 168 g/mol. The number of hydrogen-bond acceptors (Lipinski definition) is 3. The molecule has 1 heterocycles. The molecule has 0 bridgehead atoms. The molecule has 0 radical (unpaired) electrons. The van der Waals surface area contributed by atoms with Crippen LogP contribution in [0.3, 0.4) is 0 Å². The SMILES string of the molecule is CC(O)CN1CCC(=O)NCC1C. The van der Waals surface area contributed by atoms with Crippen molar-refractivity contribution in [2.45, 2.75) is 32.4 Å². The lowest BCUT2D eigenvalue weighted by Crippen LogP contribution is -2.41. The zero-order valence-electron chi connectivity index (χ0n) is 8.29. The Hall–Kier alpha value is -0.610. The Morgan fingerprint density at radius 2 is 2.46 bits per heavy atom. The summed E-state index contributed by atoms with van der Waals surface area (Å²) in [4.78, 5) is 13.2. The van der Waals surface area contributed by atoms with Crippen LogP contribution in [0.5, 0.6) is 0 Å². The fraction of sp³-hybridized carbons (Fsp3) is 0.889. The zero-order valence-corrected chi connectivity index (χ0v) is 8.29. The van der Waals surface area contributed by atoms with Crippen LogP contribution in [-0.4, -0.2) is 47.7 Å². The molecular formula is C9H18N2O2. The largest absolute Gasteiger partial charge is 0.392 e. The Balaban J connectivity index is 2.47. The van der Waals surface area contributed by atoms with Crippen LogP contribution >= 0.6 is 0 Å². The molecule has 4 heteroatoms. The van der Waals surface area contributed by atoms with Crippen molar-refractivity contribution in [1.29, 1.82) is 0 Å². The van der Waals surface area contributed by atoms with Gasteiger partial charge in [-0.2, -0.15) is 0 Å². The van der Waals surface area contributed by atoms with Crippen molar-refractivity contribution >= 4 is 5.91 Å². The standard InChI is InChI=1S/C9H18N2O2/c1-7-5-10-9(13)3-4-11(7)6-8(2)12/h7-8,12H,3-6H2,1-2H3,(H,10,13). The van der Waals surface area contributed by atoms with Crippen LogP contribution in [0, 0.1) is 0 Å². The number of amides is 1. The maximum atomic E-state index is 11.1. The molecule has 0 aromatic heterocycles. The highest BCUT2D eigenvalue weighted by Gasteiger charge is 2.20. The fourth-order valence-corrected chi connectivity index (χ4v) is 1.56. The lowest BCUT2D eigenvalue weighted by molar-refractivity contribution is -0.120. The van der Waals surface area contributed by atoms with Crippen molar-refractivity contribution in [3.8, 4) is 0 Å². The van der Waals surface area contributed by atoms with Crippen molar-refractivity contribution in [3.05, 3.63) is 0 Å². The van der Waals surface area contributed by atoms with E-state index >= 15 is 0 Å². The van der Waals surface area contributed by atoms with Gasteiger partial charge in [0.25, 0.3) is 0 Å². The van der Waals surface area contributed by atoms with Crippen LogP contribution in [0.25, 0.3) is 0 Å². The first-order valence-electron chi connectivity index (χ1n) is 4.78. The van der Waals surface area contributed by atoms with Gasteiger partial charge in [-0.05, 0) is 13.8 Å². The monoisotopic (exact) mass is 186 g/mol. The molecule has 1 amide bonds. The highest BCUT2D eigenvalue weighted by Crippen LogP contribution is 2.04. The molecule has 0 aromatic rings. The molecule has 1 aliphatic heterocycles. The molecule has 76 valence electrons. The predicted octanol–water partition coefficient (Wildman–Crippen LogP) is -0.422. The number of nitrogens with one attached hydrogen (secondary N) is 1. The second-order valence-electron chi connectivity index (χ2n) is 3.75. The van der Waals surface area contributed by atoms with E-state index in [0.717, 1.165) is 6.54 Å². The minimum Gasteiger partial charge on any atom is -0.392 e. The summed E-state index contributed by atoms with van der Waals surface area (Å²) in [5.41, 5.74) is 0. The Morgan fingerprint density at radius 1 is 1.77 bits per heavy atom. The first-order valence-corrected chi connectivity index (χ1v) is 4.78. The van der Waals surface area contributed by atoms with Gasteiger partial charge in [0.1, 0.15) is 0 Å². The lowest BCUT2D eigenvalue weighted by atomic mass is 10.2. The lowest BCUT2D eigenvalue weighted by Gasteiger charge is -2.27. The fourth-order valence-electron chi connectivity index (χ4n) is 1.56. The van der Waals surface area contributed by atoms with Crippen molar-refractivity contribution in [1.82, 2.24) is 10.2 Å². The summed E-state index contributed by atoms with van der Waals surface area (Å²) in [7, 11) is 0. The topological polar surface area (TPSA) is 52.6 Å². The summed E-state index contributed by atoms with van der Waals surface area (Å²) < 4.78 is 0. The average molecular weight is 186 g/mol. The molecule has 13 heavy (non-hydrogen) atoms. The molecule has 2 atom stereocenters. The molecule has 2 unspecified atom stereocenters. The molecule has 0 aliphatic carbocycles. The van der Waals surface area contributed by atoms with E-state index in [-0.39, 0.29) is 12.0 Å². The molecule has 2 N–H and O–H groups in total. The number of β-amino-alcohol motifs (C(OH)–C–C–N with tert-alkyl or cyclic N) is 1. The zero-order chi connectivity index (χ0) is 9.84. The van der Waals surface area contributed by atoms with Gasteiger partial charge >= 0.3 is 0 Å². The van der Waals surface area contributed by atoms with Gasteiger partial charge in [-0.25, -0.2) is 0 Å². The van der Waals surface area contributed by atoms with Gasteiger partial charge in [0.15, 0.2) is 0 Å². The second kappa shape index (κ2) is 4.58. The van der Waals surface area contributed by atoms with Crippen LogP contribution in [0.4, 0.5) is 0 Å². The van der Waals surface area contributed by atoms with Gasteiger partial charge in [0, 0.05) is 32.1 Å². The number of carbonyl (C=O) groups is 1. The molecule has 1 saturated heterocycles. The molecule has 0 saturated carbocycles. The second-order valence-corrected chi connectivity index (χ2v) is 3.75. The van der Waals surface area contributed by atoms with Crippen LogP contribution in [0.15, 0.2) is 0 Å². The van der Waals surface area contributed by atoms with E-state index in [4.69, 9.17) is 0 Å². The number of hydrogen-bond donors (Lipinski definition) is 2. The van der Waals surface area contributed by atoms with Crippen molar-refractivity contribution in [2.24, 2.45) is 0 Å². The number of carbonyl (C=O) groups excluding carboxylic acids is 1. The van der Waals surface area contributed by atoms with Crippen molar-refractivity contribution in [3.63, 3.8) is 0 Å². The summed E-state index contributed by atoms with van der Waals surface area (Å²) >= 11 is 0. The van der Waals surface area contributed by atoms with Crippen molar-refractivity contribution in [2.75, 3.05) is 19.6 Å². The third-order valence-corrected chi connectivity index (χ3v) is 2.34. The van der Waals surface area contributed by atoms with Gasteiger partial charge in [-0.3, -0.25) is 9.69 Å². The summed E-state index contributed by atoms with van der Waals surface area (Å²) in [6.07, 6.45) is 0.215. The quantitative estimate of drug-likeness (QED) is 0.615. The maximum Gasteiger partial charge on any atom is 0.221 e. The average Bonchev–Trinajstić information content (AvgIpc) is 2.19. The molecule has 1 fully saturated rings.